The van der Waals surface area contributed by atoms with Crippen LogP contribution < -0.4 is 0 Å². The van der Waals surface area contributed by atoms with E-state index in [0.29, 0.717) is 26.2 Å². The van der Waals surface area contributed by atoms with Gasteiger partial charge in [-0.3, -0.25) is 9.59 Å². The zero-order valence-electron chi connectivity index (χ0n) is 22.0. The molecule has 0 aliphatic rings. The monoisotopic (exact) mass is 482 g/mol. The van der Waals surface area contributed by atoms with Gasteiger partial charge in [-0.1, -0.05) is 70.6 Å². The lowest BCUT2D eigenvalue weighted by atomic mass is 10.1. The second kappa shape index (κ2) is 26.0. The third-order valence-corrected chi connectivity index (χ3v) is 5.46. The van der Waals surface area contributed by atoms with Gasteiger partial charge in [0.25, 0.3) is 0 Å². The summed E-state index contributed by atoms with van der Waals surface area (Å²) in [6.45, 7) is 7.67. The highest BCUT2D eigenvalue weighted by molar-refractivity contribution is 5.80. The van der Waals surface area contributed by atoms with E-state index in [4.69, 9.17) is 18.9 Å². The van der Waals surface area contributed by atoms with Gasteiger partial charge >= 0.3 is 5.97 Å². The first-order chi connectivity index (χ1) is 16.6. The number of hydrogen-bond donors (Lipinski definition) is 0. The van der Waals surface area contributed by atoms with E-state index in [0.717, 1.165) is 57.1 Å². The molecule has 0 aromatic heterocycles. The molecule has 198 valence electrons. The van der Waals surface area contributed by atoms with E-state index in [1.165, 1.54) is 38.5 Å². The molecule has 0 spiro atoms. The summed E-state index contributed by atoms with van der Waals surface area (Å²) >= 11 is 0. The largest absolute Gasteiger partial charge is 0.502 e. The van der Waals surface area contributed by atoms with Crippen molar-refractivity contribution in [2.24, 2.45) is 0 Å². The first kappa shape index (κ1) is 32.3. The average molecular weight is 483 g/mol. The molecule has 0 aliphatic carbocycles. The SMILES string of the molecule is C=C(CCCCCOCC(=O)COCCCCCC(=O)OCC=CCCCCCCCC)OC. The minimum atomic E-state index is -0.152. The maximum Gasteiger partial charge on any atom is 0.306 e. The van der Waals surface area contributed by atoms with Crippen LogP contribution in [-0.2, 0) is 28.5 Å². The van der Waals surface area contributed by atoms with Crippen LogP contribution >= 0.6 is 0 Å². The van der Waals surface area contributed by atoms with Crippen LogP contribution in [0.2, 0.25) is 0 Å². The molecule has 0 aliphatic heterocycles. The van der Waals surface area contributed by atoms with Crippen molar-refractivity contribution in [3.8, 4) is 0 Å². The van der Waals surface area contributed by atoms with E-state index in [1.54, 1.807) is 7.11 Å². The second-order valence-electron chi connectivity index (χ2n) is 8.72. The normalized spacial score (nSPS) is 11.1. The van der Waals surface area contributed by atoms with Gasteiger partial charge in [0, 0.05) is 26.1 Å². The van der Waals surface area contributed by atoms with Crippen LogP contribution in [-0.4, -0.2) is 51.9 Å². The number of carbonyl (C=O) groups is 2. The van der Waals surface area contributed by atoms with Gasteiger partial charge in [0.1, 0.15) is 19.8 Å². The number of hydrogen-bond acceptors (Lipinski definition) is 6. The molecular weight excluding hydrogens is 432 g/mol. The Morgan fingerprint density at radius 3 is 1.97 bits per heavy atom. The van der Waals surface area contributed by atoms with Gasteiger partial charge in [0.05, 0.1) is 12.9 Å². The van der Waals surface area contributed by atoms with Gasteiger partial charge < -0.3 is 18.9 Å². The van der Waals surface area contributed by atoms with Gasteiger partial charge in [0.15, 0.2) is 5.78 Å². The maximum atomic E-state index is 11.7. The van der Waals surface area contributed by atoms with Crippen molar-refractivity contribution in [3.05, 3.63) is 24.5 Å². The number of ketones is 1. The Bertz CT molecular complexity index is 529. The fourth-order valence-electron chi connectivity index (χ4n) is 3.31. The Hall–Kier alpha value is -1.66. The second-order valence-corrected chi connectivity index (χ2v) is 8.72. The van der Waals surface area contributed by atoms with Crippen molar-refractivity contribution in [2.75, 3.05) is 40.1 Å². The van der Waals surface area contributed by atoms with Gasteiger partial charge in [-0.2, -0.15) is 0 Å². The summed E-state index contributed by atoms with van der Waals surface area (Å²) < 4.78 is 21.0. The zero-order chi connectivity index (χ0) is 25.1. The number of unbranched alkanes of at least 4 members (excludes halogenated alkanes) is 10. The molecule has 0 heterocycles. The Morgan fingerprint density at radius 1 is 0.735 bits per heavy atom. The summed E-state index contributed by atoms with van der Waals surface area (Å²) in [5, 5.41) is 0. The number of Topliss-reactive ketones (excluding diaryl/α,β-unsaturated/α-hetero) is 1. The molecule has 0 bridgehead atoms. The lowest BCUT2D eigenvalue weighted by Crippen LogP contribution is -2.16. The molecule has 0 saturated carbocycles. The van der Waals surface area contributed by atoms with Crippen molar-refractivity contribution >= 4 is 11.8 Å². The smallest absolute Gasteiger partial charge is 0.306 e. The third kappa shape index (κ3) is 25.0. The lowest BCUT2D eigenvalue weighted by molar-refractivity contribution is -0.142. The van der Waals surface area contributed by atoms with Gasteiger partial charge in [-0.25, -0.2) is 0 Å². The summed E-state index contributed by atoms with van der Waals surface area (Å²) in [5.41, 5.74) is 0. The Morgan fingerprint density at radius 2 is 1.32 bits per heavy atom. The van der Waals surface area contributed by atoms with Crippen molar-refractivity contribution in [1.29, 1.82) is 0 Å². The van der Waals surface area contributed by atoms with Crippen LogP contribution in [0.3, 0.4) is 0 Å². The molecule has 0 rings (SSSR count). The van der Waals surface area contributed by atoms with E-state index >= 15 is 0 Å². The van der Waals surface area contributed by atoms with Crippen molar-refractivity contribution in [1.82, 2.24) is 0 Å². The summed E-state index contributed by atoms with van der Waals surface area (Å²) in [7, 11) is 1.63. The fraction of sp³-hybridized carbons (Fsp3) is 0.786. The first-order valence-corrected chi connectivity index (χ1v) is 13.3. The minimum Gasteiger partial charge on any atom is -0.502 e. The molecule has 0 fully saturated rings. The van der Waals surface area contributed by atoms with E-state index in [9.17, 15) is 9.59 Å². The van der Waals surface area contributed by atoms with Gasteiger partial charge in [0.2, 0.25) is 0 Å². The van der Waals surface area contributed by atoms with Crippen LogP contribution in [0.15, 0.2) is 24.5 Å². The number of methoxy groups -OCH3 is 1. The van der Waals surface area contributed by atoms with Crippen LogP contribution in [0.5, 0.6) is 0 Å². The van der Waals surface area contributed by atoms with Gasteiger partial charge in [-0.05, 0) is 38.5 Å². The summed E-state index contributed by atoms with van der Waals surface area (Å²) in [6.07, 6.45) is 19.6. The number of allylic oxidation sites excluding steroid dienone is 2. The highest BCUT2D eigenvalue weighted by Gasteiger charge is 2.04. The maximum absolute atomic E-state index is 11.7. The van der Waals surface area contributed by atoms with E-state index in [-0.39, 0.29) is 25.0 Å². The molecular formula is C28H50O6. The number of ether oxygens (including phenoxy) is 4. The summed E-state index contributed by atoms with van der Waals surface area (Å²) in [5.74, 6) is 0.608. The van der Waals surface area contributed by atoms with Crippen LogP contribution in [0, 0.1) is 0 Å². The Kier molecular flexibility index (Phi) is 24.7. The predicted molar refractivity (Wildman–Crippen MR) is 138 cm³/mol. The molecule has 34 heavy (non-hydrogen) atoms. The molecule has 0 unspecified atom stereocenters. The predicted octanol–water partition coefficient (Wildman–Crippen LogP) is 6.72. The quantitative estimate of drug-likeness (QED) is 0.0590. The average Bonchev–Trinajstić information content (AvgIpc) is 2.83. The molecule has 0 radical (unpaired) electrons. The van der Waals surface area contributed by atoms with E-state index < -0.39 is 0 Å². The topological polar surface area (TPSA) is 71.1 Å². The highest BCUT2D eigenvalue weighted by atomic mass is 16.5. The molecule has 0 atom stereocenters. The molecule has 0 aromatic carbocycles. The lowest BCUT2D eigenvalue weighted by Gasteiger charge is -2.06. The first-order valence-electron chi connectivity index (χ1n) is 13.3. The highest BCUT2D eigenvalue weighted by Crippen LogP contribution is 2.08. The van der Waals surface area contributed by atoms with Crippen molar-refractivity contribution in [3.63, 3.8) is 0 Å². The molecule has 0 saturated heterocycles. The van der Waals surface area contributed by atoms with Crippen molar-refractivity contribution < 1.29 is 28.5 Å². The molecule has 6 nitrogen and oxygen atoms in total. The Labute approximate surface area is 208 Å². The van der Waals surface area contributed by atoms with E-state index in [1.807, 2.05) is 6.08 Å². The standard InChI is InChI=1S/C28H50O6/c1-4-5-6-7-8-9-10-11-18-23-34-28(30)20-15-13-17-22-33-25-27(29)24-32-21-16-12-14-19-26(2)31-3/h11,18H,2,4-10,12-17,19-25H2,1,3H3. The van der Waals surface area contributed by atoms with Crippen LogP contribution in [0.1, 0.15) is 103 Å². The van der Waals surface area contributed by atoms with Crippen LogP contribution in [0.25, 0.3) is 0 Å². The zero-order valence-corrected chi connectivity index (χ0v) is 22.0. The Balaban J connectivity index is 3.36. The fourth-order valence-corrected chi connectivity index (χ4v) is 3.31. The summed E-state index contributed by atoms with van der Waals surface area (Å²) in [6, 6.07) is 0. The number of esters is 1. The number of carbonyl (C=O) groups excluding carboxylic acids is 2. The summed E-state index contributed by atoms with van der Waals surface area (Å²) in [4.78, 5) is 23.5. The molecule has 0 aromatic rings. The number of rotatable bonds is 26. The van der Waals surface area contributed by atoms with E-state index in [2.05, 4.69) is 19.6 Å². The van der Waals surface area contributed by atoms with Crippen LogP contribution in [0.4, 0.5) is 0 Å². The molecule has 6 heteroatoms. The minimum absolute atomic E-state index is 0.0408. The van der Waals surface area contributed by atoms with Crippen molar-refractivity contribution in [2.45, 2.75) is 103 Å². The molecule has 0 amide bonds. The van der Waals surface area contributed by atoms with Gasteiger partial charge in [-0.15, -0.1) is 0 Å². The molecule has 0 N–H and O–H groups in total. The third-order valence-electron chi connectivity index (χ3n) is 5.46.